The van der Waals surface area contributed by atoms with E-state index in [0.717, 1.165) is 4.47 Å². The first-order chi connectivity index (χ1) is 17.0. The summed E-state index contributed by atoms with van der Waals surface area (Å²) < 4.78 is 23.0. The number of halogens is 1. The Kier molecular flexibility index (Phi) is 7.62. The average Bonchev–Trinajstić information content (AvgIpc) is 3.22. The van der Waals surface area contributed by atoms with Crippen molar-refractivity contribution in [3.05, 3.63) is 93.6 Å². The number of rotatable bonds is 8. The lowest BCUT2D eigenvalue weighted by Crippen LogP contribution is -2.09. The van der Waals surface area contributed by atoms with Gasteiger partial charge in [0.05, 0.1) is 18.8 Å². The van der Waals surface area contributed by atoms with Crippen LogP contribution in [0.3, 0.4) is 0 Å². The molecule has 1 aliphatic heterocycles. The van der Waals surface area contributed by atoms with Crippen molar-refractivity contribution in [3.63, 3.8) is 0 Å². The third-order valence-electron chi connectivity index (χ3n) is 4.89. The number of hydrogen-bond donors (Lipinski definition) is 0. The standard InChI is InChI=1S/C27H22BrNO6/c1-3-32-23-12-10-18(16-24(23)33-4-2)25-29-21(27(31)35-25)15-19-14-20(28)11-13-22(19)34-26(30)17-8-6-5-7-9-17/h5-16H,3-4H2,1-2H3/b21-15-. The molecule has 0 atom stereocenters. The highest BCUT2D eigenvalue weighted by Crippen LogP contribution is 2.32. The fourth-order valence-corrected chi connectivity index (χ4v) is 3.70. The molecule has 3 aromatic carbocycles. The minimum atomic E-state index is -0.618. The monoisotopic (exact) mass is 535 g/mol. The molecular weight excluding hydrogens is 514 g/mol. The number of hydrogen-bond acceptors (Lipinski definition) is 7. The van der Waals surface area contributed by atoms with Gasteiger partial charge in [-0.2, -0.15) is 0 Å². The average molecular weight is 536 g/mol. The summed E-state index contributed by atoms with van der Waals surface area (Å²) in [5, 5.41) is 0. The van der Waals surface area contributed by atoms with E-state index < -0.39 is 11.9 Å². The van der Waals surface area contributed by atoms with E-state index in [9.17, 15) is 9.59 Å². The zero-order chi connectivity index (χ0) is 24.8. The molecule has 1 heterocycles. The van der Waals surface area contributed by atoms with E-state index in [1.807, 2.05) is 19.9 Å². The van der Waals surface area contributed by atoms with E-state index in [0.29, 0.717) is 41.4 Å². The van der Waals surface area contributed by atoms with E-state index in [-0.39, 0.29) is 17.3 Å². The Morgan fingerprint density at radius 1 is 0.943 bits per heavy atom. The highest BCUT2D eigenvalue weighted by Gasteiger charge is 2.26. The predicted molar refractivity (Wildman–Crippen MR) is 135 cm³/mol. The summed E-state index contributed by atoms with van der Waals surface area (Å²) in [7, 11) is 0. The van der Waals surface area contributed by atoms with Crippen LogP contribution in [-0.4, -0.2) is 31.1 Å². The van der Waals surface area contributed by atoms with Crippen molar-refractivity contribution in [1.29, 1.82) is 0 Å². The van der Waals surface area contributed by atoms with Gasteiger partial charge in [-0.3, -0.25) is 0 Å². The van der Waals surface area contributed by atoms with Gasteiger partial charge in [-0.25, -0.2) is 14.6 Å². The number of ether oxygens (including phenoxy) is 4. The molecule has 0 aromatic heterocycles. The molecule has 3 aromatic rings. The fraction of sp³-hybridized carbons (Fsp3) is 0.148. The van der Waals surface area contributed by atoms with Crippen LogP contribution < -0.4 is 14.2 Å². The lowest BCUT2D eigenvalue weighted by molar-refractivity contribution is -0.129. The third kappa shape index (κ3) is 5.78. The quantitative estimate of drug-likeness (QED) is 0.205. The molecule has 0 bridgehead atoms. The van der Waals surface area contributed by atoms with Crippen LogP contribution in [0.15, 0.2) is 81.9 Å². The summed E-state index contributed by atoms with van der Waals surface area (Å²) in [5.41, 5.74) is 1.54. The van der Waals surface area contributed by atoms with Crippen molar-refractivity contribution in [2.75, 3.05) is 13.2 Å². The normalized spacial score (nSPS) is 13.9. The van der Waals surface area contributed by atoms with E-state index in [1.54, 1.807) is 60.7 Å². The summed E-state index contributed by atoms with van der Waals surface area (Å²) in [6, 6.07) is 19.0. The Bertz CT molecular complexity index is 1320. The number of cyclic esters (lactones) is 1. The number of nitrogens with zero attached hydrogens (tertiary/aromatic N) is 1. The second-order valence-corrected chi connectivity index (χ2v) is 8.22. The van der Waals surface area contributed by atoms with Crippen LogP contribution in [0.4, 0.5) is 0 Å². The van der Waals surface area contributed by atoms with Crippen molar-refractivity contribution in [2.45, 2.75) is 13.8 Å². The largest absolute Gasteiger partial charge is 0.490 e. The summed E-state index contributed by atoms with van der Waals surface area (Å²) >= 11 is 3.42. The zero-order valence-corrected chi connectivity index (χ0v) is 20.7. The van der Waals surface area contributed by atoms with Crippen molar-refractivity contribution >= 4 is 39.8 Å². The maximum atomic E-state index is 12.6. The molecule has 0 N–H and O–H groups in total. The number of esters is 2. The highest BCUT2D eigenvalue weighted by molar-refractivity contribution is 9.10. The van der Waals surface area contributed by atoms with Crippen LogP contribution in [0, 0.1) is 0 Å². The first-order valence-electron chi connectivity index (χ1n) is 11.0. The lowest BCUT2D eigenvalue weighted by Gasteiger charge is -2.11. The van der Waals surface area contributed by atoms with Crippen LogP contribution in [0.2, 0.25) is 0 Å². The SMILES string of the molecule is CCOc1ccc(C2=N/C(=C\c3cc(Br)ccc3OC(=O)c3ccccc3)C(=O)O2)cc1OCC. The molecule has 0 saturated carbocycles. The first kappa shape index (κ1) is 24.2. The van der Waals surface area contributed by atoms with Crippen LogP contribution >= 0.6 is 15.9 Å². The van der Waals surface area contributed by atoms with Crippen molar-refractivity contribution in [1.82, 2.24) is 0 Å². The molecule has 0 spiro atoms. The lowest BCUT2D eigenvalue weighted by atomic mass is 10.1. The van der Waals surface area contributed by atoms with Gasteiger partial charge < -0.3 is 18.9 Å². The van der Waals surface area contributed by atoms with Crippen LogP contribution in [0.5, 0.6) is 17.2 Å². The van der Waals surface area contributed by atoms with Crippen LogP contribution in [0.25, 0.3) is 6.08 Å². The molecule has 0 fully saturated rings. The minimum Gasteiger partial charge on any atom is -0.490 e. The molecule has 0 saturated heterocycles. The highest BCUT2D eigenvalue weighted by atomic mass is 79.9. The Hall–Kier alpha value is -3.91. The minimum absolute atomic E-state index is 0.0713. The van der Waals surface area contributed by atoms with Crippen molar-refractivity contribution in [2.24, 2.45) is 4.99 Å². The van der Waals surface area contributed by atoms with Gasteiger partial charge in [-0.05, 0) is 68.5 Å². The number of benzene rings is 3. The second kappa shape index (κ2) is 11.0. The van der Waals surface area contributed by atoms with Gasteiger partial charge in [0.15, 0.2) is 17.2 Å². The Labute approximate surface area is 211 Å². The van der Waals surface area contributed by atoms with Crippen LogP contribution in [-0.2, 0) is 9.53 Å². The van der Waals surface area contributed by atoms with Gasteiger partial charge in [0.1, 0.15) is 5.75 Å². The molecule has 7 nitrogen and oxygen atoms in total. The molecule has 0 radical (unpaired) electrons. The van der Waals surface area contributed by atoms with Crippen molar-refractivity contribution < 1.29 is 28.5 Å². The maximum absolute atomic E-state index is 12.6. The van der Waals surface area contributed by atoms with Gasteiger partial charge in [0.25, 0.3) is 0 Å². The summed E-state index contributed by atoms with van der Waals surface area (Å²) in [6.07, 6.45) is 1.52. The van der Waals surface area contributed by atoms with E-state index in [4.69, 9.17) is 18.9 Å². The van der Waals surface area contributed by atoms with Gasteiger partial charge in [-0.1, -0.05) is 34.1 Å². The molecule has 1 aliphatic rings. The molecule has 0 aliphatic carbocycles. The molecule has 4 rings (SSSR count). The Balaban J connectivity index is 1.65. The van der Waals surface area contributed by atoms with Crippen LogP contribution in [0.1, 0.15) is 35.3 Å². The van der Waals surface area contributed by atoms with E-state index in [2.05, 4.69) is 20.9 Å². The zero-order valence-electron chi connectivity index (χ0n) is 19.1. The summed E-state index contributed by atoms with van der Waals surface area (Å²) in [5.74, 6) is 0.424. The first-order valence-corrected chi connectivity index (χ1v) is 11.8. The topological polar surface area (TPSA) is 83.4 Å². The van der Waals surface area contributed by atoms with Gasteiger partial charge >= 0.3 is 11.9 Å². The Morgan fingerprint density at radius 3 is 2.40 bits per heavy atom. The van der Waals surface area contributed by atoms with E-state index >= 15 is 0 Å². The molecular formula is C27H22BrNO6. The summed E-state index contributed by atoms with van der Waals surface area (Å²) in [4.78, 5) is 29.5. The molecule has 0 unspecified atom stereocenters. The fourth-order valence-electron chi connectivity index (χ4n) is 3.32. The van der Waals surface area contributed by atoms with Gasteiger partial charge in [0, 0.05) is 15.6 Å². The smallest absolute Gasteiger partial charge is 0.363 e. The molecule has 8 heteroatoms. The van der Waals surface area contributed by atoms with Gasteiger partial charge in [-0.15, -0.1) is 0 Å². The third-order valence-corrected chi connectivity index (χ3v) is 5.38. The molecule has 178 valence electrons. The van der Waals surface area contributed by atoms with Crippen molar-refractivity contribution in [3.8, 4) is 17.2 Å². The van der Waals surface area contributed by atoms with E-state index in [1.165, 1.54) is 6.08 Å². The number of carbonyl (C=O) groups excluding carboxylic acids is 2. The maximum Gasteiger partial charge on any atom is 0.363 e. The number of aliphatic imine (C=N–C) groups is 1. The Morgan fingerprint density at radius 2 is 1.66 bits per heavy atom. The second-order valence-electron chi connectivity index (χ2n) is 7.30. The van der Waals surface area contributed by atoms with Gasteiger partial charge in [0.2, 0.25) is 5.90 Å². The number of carbonyl (C=O) groups is 2. The predicted octanol–water partition coefficient (Wildman–Crippen LogP) is 5.81. The molecule has 0 amide bonds. The summed E-state index contributed by atoms with van der Waals surface area (Å²) in [6.45, 7) is 4.70. The molecule has 35 heavy (non-hydrogen) atoms.